The standard InChI is InChI=1S/C3Br4F2/c4-1(2(8)9)3(5,6)7. The number of halogens is 6. The summed E-state index contributed by atoms with van der Waals surface area (Å²) in [6, 6.07) is 0. The van der Waals surface area contributed by atoms with Gasteiger partial charge in [0.2, 0.25) is 0 Å². The van der Waals surface area contributed by atoms with E-state index in [1.807, 2.05) is 0 Å². The third kappa shape index (κ3) is 4.06. The van der Waals surface area contributed by atoms with Gasteiger partial charge in [-0.1, -0.05) is 47.8 Å². The largest absolute Gasteiger partial charge is 0.283 e. The maximum atomic E-state index is 11.7. The highest BCUT2D eigenvalue weighted by atomic mass is 80.0. The van der Waals surface area contributed by atoms with E-state index in [0.717, 1.165) is 0 Å². The van der Waals surface area contributed by atoms with Crippen LogP contribution in [0, 0.1) is 0 Å². The first-order valence-electron chi connectivity index (χ1n) is 1.63. The Hall–Kier alpha value is 1.52. The molecule has 0 atom stereocenters. The van der Waals surface area contributed by atoms with Gasteiger partial charge in [0.1, 0.15) is 0 Å². The Morgan fingerprint density at radius 1 is 1.11 bits per heavy atom. The van der Waals surface area contributed by atoms with Gasteiger partial charge in [-0.15, -0.1) is 0 Å². The zero-order valence-electron chi connectivity index (χ0n) is 3.77. The molecule has 0 aromatic heterocycles. The van der Waals surface area contributed by atoms with E-state index in [0.29, 0.717) is 0 Å². The van der Waals surface area contributed by atoms with E-state index in [2.05, 4.69) is 63.7 Å². The smallest absolute Gasteiger partial charge is 0.172 e. The molecule has 54 valence electrons. The van der Waals surface area contributed by atoms with Crippen LogP contribution < -0.4 is 0 Å². The first-order valence-corrected chi connectivity index (χ1v) is 4.81. The summed E-state index contributed by atoms with van der Waals surface area (Å²) in [7, 11) is 0. The monoisotopic (exact) mass is 390 g/mol. The highest BCUT2D eigenvalue weighted by Crippen LogP contribution is 2.45. The summed E-state index contributed by atoms with van der Waals surface area (Å²) >= 11 is 11.3. The fourth-order valence-corrected chi connectivity index (χ4v) is 0.557. The second kappa shape index (κ2) is 3.78. The Morgan fingerprint density at radius 3 is 1.44 bits per heavy atom. The molecule has 0 saturated carbocycles. The minimum Gasteiger partial charge on any atom is -0.172 e. The van der Waals surface area contributed by atoms with Crippen molar-refractivity contribution in [2.45, 2.75) is 2.14 Å². The predicted molar refractivity (Wildman–Crippen MR) is 47.7 cm³/mol. The molecule has 0 bridgehead atoms. The fourth-order valence-electron chi connectivity index (χ4n) is 0.107. The third-order valence-corrected chi connectivity index (χ3v) is 4.09. The van der Waals surface area contributed by atoms with Crippen molar-refractivity contribution in [1.82, 2.24) is 0 Å². The third-order valence-electron chi connectivity index (χ3n) is 0.415. The van der Waals surface area contributed by atoms with Gasteiger partial charge in [-0.2, -0.15) is 8.78 Å². The van der Waals surface area contributed by atoms with Gasteiger partial charge in [0.05, 0.1) is 4.48 Å². The number of alkyl halides is 3. The molecule has 0 unspecified atom stereocenters. The van der Waals surface area contributed by atoms with Crippen molar-refractivity contribution in [3.05, 3.63) is 10.6 Å². The lowest BCUT2D eigenvalue weighted by Crippen LogP contribution is -1.98. The lowest BCUT2D eigenvalue weighted by Gasteiger charge is -2.08. The molecule has 0 heterocycles. The SMILES string of the molecule is FC(F)=C(Br)C(Br)(Br)Br. The van der Waals surface area contributed by atoms with E-state index >= 15 is 0 Å². The summed E-state index contributed by atoms with van der Waals surface area (Å²) in [4.78, 5) is 0. The molecule has 0 fully saturated rings. The van der Waals surface area contributed by atoms with Gasteiger partial charge in [-0.3, -0.25) is 0 Å². The van der Waals surface area contributed by atoms with E-state index in [1.165, 1.54) is 0 Å². The molecule has 9 heavy (non-hydrogen) atoms. The highest BCUT2D eigenvalue weighted by Gasteiger charge is 2.26. The summed E-state index contributed by atoms with van der Waals surface area (Å²) in [6.45, 7) is 0. The van der Waals surface area contributed by atoms with Crippen LogP contribution in [0.3, 0.4) is 0 Å². The second-order valence-electron chi connectivity index (χ2n) is 1.07. The van der Waals surface area contributed by atoms with Gasteiger partial charge in [-0.05, 0) is 15.9 Å². The van der Waals surface area contributed by atoms with E-state index in [4.69, 9.17) is 0 Å². The summed E-state index contributed by atoms with van der Waals surface area (Å²) in [6.07, 6.45) is -1.78. The maximum Gasteiger partial charge on any atom is 0.283 e. The molecule has 0 aliphatic carbocycles. The summed E-state index contributed by atoms with van der Waals surface area (Å²) in [5.74, 6) is 0. The number of rotatable bonds is 0. The Bertz CT molecular complexity index is 131. The zero-order valence-corrected chi connectivity index (χ0v) is 10.1. The van der Waals surface area contributed by atoms with Gasteiger partial charge in [-0.25, -0.2) is 0 Å². The average Bonchev–Trinajstić information content (AvgIpc) is 1.62. The number of hydrogen-bond acceptors (Lipinski definition) is 0. The summed E-state index contributed by atoms with van der Waals surface area (Å²) in [5, 5.41) is 0. The van der Waals surface area contributed by atoms with Crippen molar-refractivity contribution >= 4 is 63.7 Å². The van der Waals surface area contributed by atoms with Crippen molar-refractivity contribution in [1.29, 1.82) is 0 Å². The molecule has 0 N–H and O–H groups in total. The van der Waals surface area contributed by atoms with Crippen molar-refractivity contribution in [2.24, 2.45) is 0 Å². The van der Waals surface area contributed by atoms with Gasteiger partial charge in [0.25, 0.3) is 6.08 Å². The lowest BCUT2D eigenvalue weighted by molar-refractivity contribution is 0.418. The number of allylic oxidation sites excluding steroid dienone is 1. The lowest BCUT2D eigenvalue weighted by atomic mass is 10.7. The van der Waals surface area contributed by atoms with Crippen molar-refractivity contribution in [3.63, 3.8) is 0 Å². The molecule has 0 radical (unpaired) electrons. The molecular formula is C3Br4F2. The van der Waals surface area contributed by atoms with E-state index in [-0.39, 0.29) is 4.48 Å². The van der Waals surface area contributed by atoms with Gasteiger partial charge in [0, 0.05) is 0 Å². The topological polar surface area (TPSA) is 0 Å². The Kier molecular flexibility index (Phi) is 4.42. The fraction of sp³-hybridized carbons (Fsp3) is 0.333. The first-order chi connectivity index (χ1) is 3.85. The summed E-state index contributed by atoms with van der Waals surface area (Å²) in [5.41, 5.74) is 0. The van der Waals surface area contributed by atoms with Crippen LogP contribution >= 0.6 is 63.7 Å². The molecule has 0 aliphatic rings. The molecule has 6 heteroatoms. The van der Waals surface area contributed by atoms with Gasteiger partial charge < -0.3 is 0 Å². The first kappa shape index (κ1) is 10.5. The molecule has 0 aromatic carbocycles. The van der Waals surface area contributed by atoms with Crippen LogP contribution in [0.4, 0.5) is 8.78 Å². The van der Waals surface area contributed by atoms with Crippen molar-refractivity contribution in [2.75, 3.05) is 0 Å². The molecule has 0 amide bonds. The second-order valence-corrected chi connectivity index (χ2v) is 8.63. The number of hydrogen-bond donors (Lipinski definition) is 0. The molecule has 0 aliphatic heterocycles. The van der Waals surface area contributed by atoms with Crippen molar-refractivity contribution in [3.8, 4) is 0 Å². The van der Waals surface area contributed by atoms with Crippen LogP contribution in [0.15, 0.2) is 10.6 Å². The highest BCUT2D eigenvalue weighted by molar-refractivity contribution is 9.40. The van der Waals surface area contributed by atoms with E-state index < -0.39 is 8.22 Å². The van der Waals surface area contributed by atoms with Crippen LogP contribution in [-0.4, -0.2) is 2.14 Å². The van der Waals surface area contributed by atoms with Crippen LogP contribution in [0.25, 0.3) is 0 Å². The van der Waals surface area contributed by atoms with Gasteiger partial charge >= 0.3 is 0 Å². The normalized spacial score (nSPS) is 11.3. The van der Waals surface area contributed by atoms with E-state index in [9.17, 15) is 8.78 Å². The predicted octanol–water partition coefficient (Wildman–Crippen LogP) is 4.33. The maximum absolute atomic E-state index is 11.7. The van der Waals surface area contributed by atoms with E-state index in [1.54, 1.807) is 0 Å². The summed E-state index contributed by atoms with van der Waals surface area (Å²) < 4.78 is 22.0. The Balaban J connectivity index is 4.40. The molecule has 0 saturated heterocycles. The molecule has 0 spiro atoms. The zero-order chi connectivity index (χ0) is 7.65. The van der Waals surface area contributed by atoms with Crippen LogP contribution in [0.5, 0.6) is 0 Å². The Labute approximate surface area is 84.6 Å². The minimum absolute atomic E-state index is 0.269. The minimum atomic E-state index is -1.78. The van der Waals surface area contributed by atoms with Crippen LogP contribution in [0.1, 0.15) is 0 Å². The molecular weight excluding hydrogens is 394 g/mol. The Morgan fingerprint density at radius 2 is 1.44 bits per heavy atom. The molecule has 0 nitrogen and oxygen atoms in total. The van der Waals surface area contributed by atoms with Crippen molar-refractivity contribution < 1.29 is 8.78 Å². The molecule has 0 rings (SSSR count). The van der Waals surface area contributed by atoms with Crippen LogP contribution in [0.2, 0.25) is 0 Å². The molecule has 0 aromatic rings. The van der Waals surface area contributed by atoms with Gasteiger partial charge in [0.15, 0.2) is 2.14 Å². The van der Waals surface area contributed by atoms with Crippen LogP contribution in [-0.2, 0) is 0 Å². The average molecular weight is 394 g/mol. The quantitative estimate of drug-likeness (QED) is 0.538.